The third-order valence-electron chi connectivity index (χ3n) is 5.47. The van der Waals surface area contributed by atoms with Gasteiger partial charge in [-0.1, -0.05) is 29.8 Å². The van der Waals surface area contributed by atoms with Gasteiger partial charge in [0.2, 0.25) is 0 Å². The molecule has 2 aromatic carbocycles. The normalized spacial score (nSPS) is 14.1. The van der Waals surface area contributed by atoms with Gasteiger partial charge in [0.25, 0.3) is 0 Å². The highest BCUT2D eigenvalue weighted by Crippen LogP contribution is 2.25. The molecular weight excluding hydrogens is 398 g/mol. The Hall–Kier alpha value is -2.99. The first-order chi connectivity index (χ1) is 14.6. The molecule has 1 fully saturated rings. The first-order valence-electron chi connectivity index (χ1n) is 10.2. The summed E-state index contributed by atoms with van der Waals surface area (Å²) in [6, 6.07) is 16.1. The van der Waals surface area contributed by atoms with Crippen molar-refractivity contribution in [2.45, 2.75) is 13.3 Å². The van der Waals surface area contributed by atoms with Crippen molar-refractivity contribution >= 4 is 23.3 Å². The van der Waals surface area contributed by atoms with Crippen LogP contribution in [-0.2, 0) is 6.42 Å². The van der Waals surface area contributed by atoms with Crippen LogP contribution in [0, 0.1) is 6.92 Å². The fourth-order valence-corrected chi connectivity index (χ4v) is 3.90. The smallest absolute Gasteiger partial charge is 0.317 e. The summed E-state index contributed by atoms with van der Waals surface area (Å²) < 4.78 is 1.83. The average molecular weight is 424 g/mol. The molecule has 2 heterocycles. The number of benzene rings is 2. The molecular formula is C23H26ClN5O. The molecule has 0 aliphatic carbocycles. The number of urea groups is 1. The van der Waals surface area contributed by atoms with Gasteiger partial charge in [-0.2, -0.15) is 5.10 Å². The summed E-state index contributed by atoms with van der Waals surface area (Å²) in [7, 11) is 0. The van der Waals surface area contributed by atoms with Crippen molar-refractivity contribution in [3.8, 4) is 5.69 Å². The van der Waals surface area contributed by atoms with E-state index in [1.54, 1.807) is 6.20 Å². The van der Waals surface area contributed by atoms with Gasteiger partial charge in [-0.3, -0.25) is 0 Å². The third-order valence-corrected chi connectivity index (χ3v) is 5.71. The molecule has 0 saturated carbocycles. The quantitative estimate of drug-likeness (QED) is 0.677. The van der Waals surface area contributed by atoms with Gasteiger partial charge in [0, 0.05) is 55.8 Å². The molecule has 6 nitrogen and oxygen atoms in total. The first-order valence-corrected chi connectivity index (χ1v) is 10.6. The van der Waals surface area contributed by atoms with Crippen molar-refractivity contribution in [3.63, 3.8) is 0 Å². The van der Waals surface area contributed by atoms with Crippen LogP contribution in [-0.4, -0.2) is 53.4 Å². The predicted molar refractivity (Wildman–Crippen MR) is 121 cm³/mol. The van der Waals surface area contributed by atoms with E-state index >= 15 is 0 Å². The molecule has 4 rings (SSSR count). The third kappa shape index (κ3) is 4.76. The number of halogens is 1. The van der Waals surface area contributed by atoms with Crippen molar-refractivity contribution in [2.75, 3.05) is 37.6 Å². The van der Waals surface area contributed by atoms with E-state index in [0.29, 0.717) is 19.6 Å². The molecule has 1 saturated heterocycles. The van der Waals surface area contributed by atoms with Gasteiger partial charge >= 0.3 is 6.03 Å². The Morgan fingerprint density at radius 2 is 1.87 bits per heavy atom. The molecule has 0 unspecified atom stereocenters. The largest absolute Gasteiger partial charge is 0.368 e. The first kappa shape index (κ1) is 20.3. The summed E-state index contributed by atoms with van der Waals surface area (Å²) in [4.78, 5) is 16.7. The fraction of sp³-hybridized carbons (Fsp3) is 0.304. The Balaban J connectivity index is 1.23. The van der Waals surface area contributed by atoms with Gasteiger partial charge < -0.3 is 15.1 Å². The number of amides is 2. The molecule has 30 heavy (non-hydrogen) atoms. The minimum Gasteiger partial charge on any atom is -0.368 e. The molecule has 0 bridgehead atoms. The lowest BCUT2D eigenvalue weighted by atomic mass is 10.1. The zero-order chi connectivity index (χ0) is 20.9. The highest BCUT2D eigenvalue weighted by Gasteiger charge is 2.22. The van der Waals surface area contributed by atoms with Crippen LogP contribution in [0.4, 0.5) is 10.5 Å². The Morgan fingerprint density at radius 3 is 2.57 bits per heavy atom. The Kier molecular flexibility index (Phi) is 6.23. The van der Waals surface area contributed by atoms with Crippen molar-refractivity contribution in [3.05, 3.63) is 77.1 Å². The molecule has 1 aliphatic rings. The van der Waals surface area contributed by atoms with Crippen LogP contribution in [0.25, 0.3) is 5.69 Å². The van der Waals surface area contributed by atoms with E-state index in [1.807, 2.05) is 52.2 Å². The molecule has 2 amide bonds. The minimum absolute atomic E-state index is 0.00521. The van der Waals surface area contributed by atoms with E-state index < -0.39 is 0 Å². The van der Waals surface area contributed by atoms with Crippen LogP contribution in [0.5, 0.6) is 0 Å². The van der Waals surface area contributed by atoms with E-state index in [9.17, 15) is 4.79 Å². The Labute approximate surface area is 182 Å². The standard InChI is InChI=1S/C23H26ClN5O/c1-18-3-6-20(24)17-22(18)27-13-15-28(16-14-27)23(30)25-11-9-19-4-7-21(8-5-19)29-12-2-10-26-29/h2-8,10,12,17H,9,11,13-16H2,1H3,(H,25,30). The number of aryl methyl sites for hydroxylation is 1. The number of carbonyl (C=O) groups excluding carboxylic acids is 1. The maximum atomic E-state index is 12.5. The van der Waals surface area contributed by atoms with Crippen LogP contribution in [0.1, 0.15) is 11.1 Å². The second-order valence-electron chi connectivity index (χ2n) is 7.50. The lowest BCUT2D eigenvalue weighted by molar-refractivity contribution is 0.194. The van der Waals surface area contributed by atoms with Crippen molar-refractivity contribution in [2.24, 2.45) is 0 Å². The van der Waals surface area contributed by atoms with Gasteiger partial charge in [-0.15, -0.1) is 0 Å². The second-order valence-corrected chi connectivity index (χ2v) is 7.94. The van der Waals surface area contributed by atoms with Crippen LogP contribution >= 0.6 is 11.6 Å². The highest BCUT2D eigenvalue weighted by atomic mass is 35.5. The molecule has 0 spiro atoms. The van der Waals surface area contributed by atoms with E-state index in [2.05, 4.69) is 34.4 Å². The summed E-state index contributed by atoms with van der Waals surface area (Å²) in [5.74, 6) is 0. The van der Waals surface area contributed by atoms with Gasteiger partial charge in [0.05, 0.1) is 5.69 Å². The number of aromatic nitrogens is 2. The number of rotatable bonds is 5. The monoisotopic (exact) mass is 423 g/mol. The summed E-state index contributed by atoms with van der Waals surface area (Å²) >= 11 is 6.15. The lowest BCUT2D eigenvalue weighted by Gasteiger charge is -2.36. The summed E-state index contributed by atoms with van der Waals surface area (Å²) in [5, 5.41) is 8.02. The molecule has 1 N–H and O–H groups in total. The van der Waals surface area contributed by atoms with Crippen LogP contribution in [0.3, 0.4) is 0 Å². The SMILES string of the molecule is Cc1ccc(Cl)cc1N1CCN(C(=O)NCCc2ccc(-n3cccn3)cc2)CC1. The zero-order valence-electron chi connectivity index (χ0n) is 17.1. The maximum absolute atomic E-state index is 12.5. The van der Waals surface area contributed by atoms with Crippen molar-refractivity contribution in [1.82, 2.24) is 20.0 Å². The molecule has 0 atom stereocenters. The van der Waals surface area contributed by atoms with Gasteiger partial charge in [-0.05, 0) is 54.8 Å². The number of piperazine rings is 1. The van der Waals surface area contributed by atoms with Gasteiger partial charge in [0.1, 0.15) is 0 Å². The second kappa shape index (κ2) is 9.22. The van der Waals surface area contributed by atoms with E-state index in [-0.39, 0.29) is 6.03 Å². The number of nitrogens with zero attached hydrogens (tertiary/aromatic N) is 4. The van der Waals surface area contributed by atoms with Crippen LogP contribution < -0.4 is 10.2 Å². The topological polar surface area (TPSA) is 53.4 Å². The average Bonchev–Trinajstić information content (AvgIpc) is 3.31. The number of anilines is 1. The Bertz CT molecular complexity index is 979. The number of hydrogen-bond acceptors (Lipinski definition) is 3. The molecule has 0 radical (unpaired) electrons. The van der Waals surface area contributed by atoms with Crippen molar-refractivity contribution in [1.29, 1.82) is 0 Å². The number of hydrogen-bond donors (Lipinski definition) is 1. The highest BCUT2D eigenvalue weighted by molar-refractivity contribution is 6.30. The predicted octanol–water partition coefficient (Wildman–Crippen LogP) is 3.91. The number of nitrogens with one attached hydrogen (secondary N) is 1. The molecule has 7 heteroatoms. The number of carbonyl (C=O) groups is 1. The van der Waals surface area contributed by atoms with E-state index in [1.165, 1.54) is 11.1 Å². The van der Waals surface area contributed by atoms with Crippen LogP contribution in [0.2, 0.25) is 5.02 Å². The molecule has 1 aliphatic heterocycles. The summed E-state index contributed by atoms with van der Waals surface area (Å²) in [5.41, 5.74) is 4.57. The molecule has 1 aromatic heterocycles. The van der Waals surface area contributed by atoms with E-state index in [4.69, 9.17) is 11.6 Å². The Morgan fingerprint density at radius 1 is 1.10 bits per heavy atom. The molecule has 3 aromatic rings. The fourth-order valence-electron chi connectivity index (χ4n) is 3.74. The van der Waals surface area contributed by atoms with E-state index in [0.717, 1.165) is 35.9 Å². The summed E-state index contributed by atoms with van der Waals surface area (Å²) in [6.45, 7) is 5.74. The van der Waals surface area contributed by atoms with Crippen molar-refractivity contribution < 1.29 is 4.79 Å². The summed E-state index contributed by atoms with van der Waals surface area (Å²) in [6.07, 6.45) is 4.48. The minimum atomic E-state index is 0.00521. The van der Waals surface area contributed by atoms with Gasteiger partial charge in [-0.25, -0.2) is 9.48 Å². The zero-order valence-corrected chi connectivity index (χ0v) is 17.8. The molecule has 156 valence electrons. The van der Waals surface area contributed by atoms with Crippen LogP contribution in [0.15, 0.2) is 60.9 Å². The lowest BCUT2D eigenvalue weighted by Crippen LogP contribution is -2.52. The van der Waals surface area contributed by atoms with Gasteiger partial charge in [0.15, 0.2) is 0 Å². The maximum Gasteiger partial charge on any atom is 0.317 e.